The number of ether oxygens (including phenoxy) is 3. The minimum absolute atomic E-state index is 0. The van der Waals surface area contributed by atoms with E-state index in [-0.39, 0.29) is 164 Å². The Labute approximate surface area is 446 Å². The van der Waals surface area contributed by atoms with Gasteiger partial charge < -0.3 is 46.3 Å². The average molecular weight is 924 g/mol. The number of likely N-dealkylation sites (tertiary alicyclic amines) is 3. The predicted octanol–water partition coefficient (Wildman–Crippen LogP) is 3.28. The van der Waals surface area contributed by atoms with Gasteiger partial charge in [0.2, 0.25) is 0 Å². The Kier molecular flexibility index (Phi) is 35.1. The van der Waals surface area contributed by atoms with Crippen molar-refractivity contribution in [1.82, 2.24) is 14.7 Å². The Balaban J connectivity index is -0.000000206. The minimum Gasteiger partial charge on any atom is -0.742 e. The number of hydrogen-bond donors (Lipinski definition) is 2. The molecule has 3 aliphatic heterocycles. The SMILES string of the molecule is C.CC(=O)[S-].CC(OS(C)(=O)=O)C1CN(C(=O)OC(C)(C)C)C1.CC(S)C1CN(C(=O)OC(C)(C)C)C1.CC(S)C1CN(C(=O)OC(C)(C)C)C1.[Ar].[Ar].[K+]. The largest absolute Gasteiger partial charge is 1.00 e. The number of nitrogens with zero attached hydrogens (tertiary/aromatic N) is 3. The van der Waals surface area contributed by atoms with Crippen molar-refractivity contribution in [1.29, 1.82) is 0 Å². The molecule has 0 aromatic heterocycles. The summed E-state index contributed by atoms with van der Waals surface area (Å²) in [5.41, 5.74) is -1.31. The zero-order valence-corrected chi connectivity index (χ0v) is 42.0. The van der Waals surface area contributed by atoms with Gasteiger partial charge in [-0.2, -0.15) is 33.7 Å². The normalized spacial score (nSPS) is 17.4. The maximum atomic E-state index is 11.6. The van der Waals surface area contributed by atoms with Crippen LogP contribution in [0.25, 0.3) is 0 Å². The van der Waals surface area contributed by atoms with Gasteiger partial charge in [-0.05, 0) is 76.2 Å². The quantitative estimate of drug-likeness (QED) is 0.138. The van der Waals surface area contributed by atoms with Gasteiger partial charge >= 0.3 is 69.7 Å². The molecular formula is C34H66Ar2KN3O10S4. The van der Waals surface area contributed by atoms with Gasteiger partial charge in [-0.3, -0.25) is 4.18 Å². The van der Waals surface area contributed by atoms with Crippen LogP contribution in [0.4, 0.5) is 14.4 Å². The van der Waals surface area contributed by atoms with Crippen LogP contribution in [0.2, 0.25) is 0 Å². The van der Waals surface area contributed by atoms with Crippen LogP contribution in [-0.4, -0.2) is 125 Å². The Hall–Kier alpha value is 2.47. The number of hydrogen-bond acceptors (Lipinski definition) is 13. The Morgan fingerprint density at radius 3 is 1.00 bits per heavy atom. The van der Waals surface area contributed by atoms with Gasteiger partial charge in [0.1, 0.15) is 16.8 Å². The van der Waals surface area contributed by atoms with Crippen molar-refractivity contribution in [3.8, 4) is 0 Å². The van der Waals surface area contributed by atoms with Crippen molar-refractivity contribution >= 4 is 71.4 Å². The Morgan fingerprint density at radius 2 is 0.833 bits per heavy atom. The maximum Gasteiger partial charge on any atom is 1.00 e. The molecule has 20 heteroatoms. The number of amides is 3. The molecule has 3 amide bonds. The van der Waals surface area contributed by atoms with Gasteiger partial charge in [0.25, 0.3) is 10.1 Å². The van der Waals surface area contributed by atoms with E-state index < -0.39 is 33.0 Å². The zero-order chi connectivity index (χ0) is 39.6. The van der Waals surface area contributed by atoms with Crippen LogP contribution < -0.4 is 51.4 Å². The first kappa shape index (κ1) is 65.6. The van der Waals surface area contributed by atoms with Gasteiger partial charge in [0.15, 0.2) is 0 Å². The van der Waals surface area contributed by atoms with E-state index in [1.165, 1.54) is 11.8 Å². The van der Waals surface area contributed by atoms with E-state index in [2.05, 4.69) is 51.7 Å². The van der Waals surface area contributed by atoms with Crippen molar-refractivity contribution in [3.05, 3.63) is 0 Å². The molecule has 54 heavy (non-hydrogen) atoms. The molecule has 3 unspecified atom stereocenters. The van der Waals surface area contributed by atoms with Crippen molar-refractivity contribution in [3.63, 3.8) is 0 Å². The van der Waals surface area contributed by atoms with Gasteiger partial charge in [0, 0.05) is 148 Å². The molecule has 3 rings (SSSR count). The molecule has 318 valence electrons. The third kappa shape index (κ3) is 31.4. The summed E-state index contributed by atoms with van der Waals surface area (Å²) in [5, 5.41) is 0.461. The summed E-state index contributed by atoms with van der Waals surface area (Å²) in [4.78, 5) is 48.9. The Morgan fingerprint density at radius 1 is 0.630 bits per heavy atom. The van der Waals surface area contributed by atoms with Crippen LogP contribution in [0.5, 0.6) is 0 Å². The molecule has 0 saturated carbocycles. The van der Waals surface area contributed by atoms with Gasteiger partial charge in [-0.25, -0.2) is 14.4 Å². The van der Waals surface area contributed by atoms with E-state index in [4.69, 9.17) is 18.4 Å². The molecule has 13 nitrogen and oxygen atoms in total. The van der Waals surface area contributed by atoms with Crippen LogP contribution in [-0.2, 0) is 45.9 Å². The maximum absolute atomic E-state index is 11.6. The van der Waals surface area contributed by atoms with Crippen LogP contribution in [0.15, 0.2) is 0 Å². The van der Waals surface area contributed by atoms with Crippen molar-refractivity contribution < 1.29 is 173 Å². The number of carbonyl (C=O) groups is 4. The van der Waals surface area contributed by atoms with Crippen LogP contribution in [0.3, 0.4) is 0 Å². The summed E-state index contributed by atoms with van der Waals surface area (Å²) in [5.74, 6) is 1.07. The summed E-state index contributed by atoms with van der Waals surface area (Å²) in [6.45, 7) is 27.9. The number of rotatable bonds is 5. The molecular weight excluding hydrogens is 858 g/mol. The molecule has 0 aromatic carbocycles. The van der Waals surface area contributed by atoms with Gasteiger partial charge in [0.05, 0.1) is 12.4 Å². The molecule has 0 spiro atoms. The molecule has 0 bridgehead atoms. The summed E-state index contributed by atoms with van der Waals surface area (Å²) >= 11 is 12.7. The molecule has 0 aromatic rings. The summed E-state index contributed by atoms with van der Waals surface area (Å²) in [7, 11) is -3.45. The van der Waals surface area contributed by atoms with Crippen LogP contribution in [0, 0.1) is 93.2 Å². The van der Waals surface area contributed by atoms with Crippen molar-refractivity contribution in [2.45, 2.75) is 131 Å². The van der Waals surface area contributed by atoms with E-state index in [0.29, 0.717) is 35.4 Å². The standard InChI is InChI=1S/C11H21NO5S.2C10H19NO2S.C2H4OS.CH4.2Ar.K/c1-8(17-18(5,14)15)9-6-12(7-9)10(13)16-11(2,3)4;2*1-7(14)8-5-11(6-8)9(12)13-10(2,3)4;1-2(3)4;;;;/h8-9H,6-7H2,1-5H3;2*7-8,14H,5-6H2,1-4H3;1H3,(H,3,4);1H4;;;/q;;;;;;;+1/p-1. The van der Waals surface area contributed by atoms with E-state index in [1.54, 1.807) is 37.5 Å². The van der Waals surface area contributed by atoms with E-state index in [0.717, 1.165) is 32.4 Å². The van der Waals surface area contributed by atoms with E-state index in [1.807, 2.05) is 41.5 Å². The minimum atomic E-state index is -3.45. The van der Waals surface area contributed by atoms with Crippen LogP contribution in [0.1, 0.15) is 97.4 Å². The molecule has 3 fully saturated rings. The smallest absolute Gasteiger partial charge is 0.742 e. The predicted molar refractivity (Wildman–Crippen MR) is 211 cm³/mol. The second-order valence-electron chi connectivity index (χ2n) is 15.9. The number of carbonyl (C=O) groups excluding carboxylic acids is 4. The fraction of sp³-hybridized carbons (Fsp3) is 0.882. The molecule has 0 radical (unpaired) electrons. The molecule has 0 N–H and O–H groups in total. The van der Waals surface area contributed by atoms with Crippen molar-refractivity contribution in [2.24, 2.45) is 17.8 Å². The number of thiol groups is 2. The molecule has 3 saturated heterocycles. The molecule has 3 atom stereocenters. The first-order chi connectivity index (χ1) is 22.3. The second kappa shape index (κ2) is 28.9. The Bertz CT molecular complexity index is 1180. The summed E-state index contributed by atoms with van der Waals surface area (Å²) in [6, 6.07) is 0. The topological polar surface area (TPSA) is 149 Å². The van der Waals surface area contributed by atoms with Crippen LogP contribution >= 0.6 is 25.3 Å². The van der Waals surface area contributed by atoms with Crippen molar-refractivity contribution in [2.75, 3.05) is 45.5 Å². The first-order valence-corrected chi connectivity index (χ1v) is 19.9. The third-order valence-electron chi connectivity index (χ3n) is 7.04. The summed E-state index contributed by atoms with van der Waals surface area (Å²) < 4.78 is 42.4. The fourth-order valence-electron chi connectivity index (χ4n) is 4.23. The van der Waals surface area contributed by atoms with Gasteiger partial charge in [-0.1, -0.05) is 21.3 Å². The first-order valence-electron chi connectivity index (χ1n) is 16.7. The second-order valence-corrected chi connectivity index (χ2v) is 19.7. The van der Waals surface area contributed by atoms with Gasteiger partial charge in [-0.15, -0.1) is 0 Å². The third-order valence-corrected chi connectivity index (χ3v) is 8.54. The zero-order valence-electron chi connectivity index (χ0n) is 34.0. The molecule has 3 aliphatic rings. The van der Waals surface area contributed by atoms with E-state index >= 15 is 0 Å². The average Bonchev–Trinajstić information content (AvgIpc) is 2.70. The summed E-state index contributed by atoms with van der Waals surface area (Å²) in [6.07, 6.45) is -0.178. The monoisotopic (exact) mass is 923 g/mol. The van der Waals surface area contributed by atoms with E-state index in [9.17, 15) is 27.6 Å². The fourth-order valence-corrected chi connectivity index (χ4v) is 5.31. The molecule has 3 heterocycles. The molecule has 0 aliphatic carbocycles.